The third-order valence-electron chi connectivity index (χ3n) is 8.18. The molecule has 3 unspecified atom stereocenters. The zero-order valence-corrected chi connectivity index (χ0v) is 27.7. The van der Waals surface area contributed by atoms with E-state index in [0.717, 1.165) is 56.0 Å². The number of nitro groups is 1. The fraction of sp³-hybridized carbons (Fsp3) is 0.514. The van der Waals surface area contributed by atoms with Crippen LogP contribution in [-0.2, 0) is 35.0 Å². The van der Waals surface area contributed by atoms with E-state index in [1.807, 2.05) is 6.92 Å². The predicted octanol–water partition coefficient (Wildman–Crippen LogP) is 7.20. The van der Waals surface area contributed by atoms with Crippen molar-refractivity contribution >= 4 is 35.1 Å². The van der Waals surface area contributed by atoms with E-state index < -0.39 is 28.7 Å². The molecule has 0 spiro atoms. The lowest BCUT2D eigenvalue weighted by molar-refractivity contribution is -0.384. The molecule has 46 heavy (non-hydrogen) atoms. The highest BCUT2D eigenvalue weighted by molar-refractivity contribution is 7.99. The summed E-state index contributed by atoms with van der Waals surface area (Å²) >= 11 is 1.69. The van der Waals surface area contributed by atoms with Gasteiger partial charge in [-0.25, -0.2) is 4.79 Å². The number of esters is 2. The molecule has 4 rings (SSSR count). The van der Waals surface area contributed by atoms with Crippen LogP contribution in [0.3, 0.4) is 0 Å². The van der Waals surface area contributed by atoms with Crippen molar-refractivity contribution in [2.45, 2.75) is 82.3 Å². The molecule has 2 aromatic rings. The molecule has 248 valence electrons. The van der Waals surface area contributed by atoms with Crippen molar-refractivity contribution in [3.05, 3.63) is 81.0 Å². The fourth-order valence-corrected chi connectivity index (χ4v) is 6.63. The molecular formula is C35H44N2O8S. The Bertz CT molecular complexity index is 1400. The number of non-ortho nitro benzene ring substituents is 1. The summed E-state index contributed by atoms with van der Waals surface area (Å²) in [7, 11) is 1.27. The normalized spacial score (nSPS) is 19.8. The van der Waals surface area contributed by atoms with Gasteiger partial charge in [-0.3, -0.25) is 19.9 Å². The fourth-order valence-electron chi connectivity index (χ4n) is 5.80. The lowest BCUT2D eigenvalue weighted by atomic mass is 9.75. The van der Waals surface area contributed by atoms with E-state index in [-0.39, 0.29) is 24.2 Å². The van der Waals surface area contributed by atoms with Crippen LogP contribution < -0.4 is 0 Å². The van der Waals surface area contributed by atoms with E-state index in [1.165, 1.54) is 31.2 Å². The van der Waals surface area contributed by atoms with Crippen LogP contribution in [0.1, 0.15) is 75.8 Å². The van der Waals surface area contributed by atoms with Crippen LogP contribution in [0.4, 0.5) is 5.69 Å². The number of hydrogen-bond acceptors (Lipinski definition) is 10. The van der Waals surface area contributed by atoms with E-state index >= 15 is 0 Å². The smallest absolute Gasteiger partial charge is 0.336 e. The van der Waals surface area contributed by atoms with Gasteiger partial charge in [-0.1, -0.05) is 31.2 Å². The highest BCUT2D eigenvalue weighted by atomic mass is 32.2. The van der Waals surface area contributed by atoms with Crippen molar-refractivity contribution in [1.29, 1.82) is 0 Å². The summed E-state index contributed by atoms with van der Waals surface area (Å²) in [5.74, 6) is -2.13. The Morgan fingerprint density at radius 3 is 2.59 bits per heavy atom. The SMILES string of the molecule is CCC1=C(C(=O)OCCCSc2ccc(CCCCOC3CCCCO3)cc2)C(c2cccc([N+](=O)[O-])c2)C(C(=O)OC)C(C)=N1. The van der Waals surface area contributed by atoms with Crippen molar-refractivity contribution in [2.24, 2.45) is 10.9 Å². The Hall–Kier alpha value is -3.54. The minimum absolute atomic E-state index is 0.0264. The van der Waals surface area contributed by atoms with E-state index in [1.54, 1.807) is 30.8 Å². The van der Waals surface area contributed by atoms with Gasteiger partial charge in [-0.15, -0.1) is 11.8 Å². The maximum Gasteiger partial charge on any atom is 0.336 e. The minimum Gasteiger partial charge on any atom is -0.468 e. The highest BCUT2D eigenvalue weighted by Crippen LogP contribution is 2.41. The lowest BCUT2D eigenvalue weighted by Gasteiger charge is -2.31. The van der Waals surface area contributed by atoms with E-state index in [0.29, 0.717) is 29.8 Å². The van der Waals surface area contributed by atoms with Crippen molar-refractivity contribution in [3.63, 3.8) is 0 Å². The summed E-state index contributed by atoms with van der Waals surface area (Å²) in [4.78, 5) is 43.2. The second-order valence-corrected chi connectivity index (χ2v) is 12.6. The molecule has 1 fully saturated rings. The third kappa shape index (κ3) is 9.73. The molecule has 0 saturated carbocycles. The number of aliphatic imine (C=N–C) groups is 1. The van der Waals surface area contributed by atoms with Crippen LogP contribution in [0.15, 0.2) is 69.7 Å². The zero-order valence-electron chi connectivity index (χ0n) is 26.9. The first kappa shape index (κ1) is 35.3. The molecule has 3 atom stereocenters. The van der Waals surface area contributed by atoms with Gasteiger partial charge in [0.2, 0.25) is 0 Å². The predicted molar refractivity (Wildman–Crippen MR) is 177 cm³/mol. The van der Waals surface area contributed by atoms with Crippen molar-refractivity contribution in [1.82, 2.24) is 0 Å². The Balaban J connectivity index is 1.29. The molecule has 10 nitrogen and oxygen atoms in total. The molecule has 0 N–H and O–H groups in total. The molecule has 2 aromatic carbocycles. The van der Waals surface area contributed by atoms with Crippen LogP contribution in [0.2, 0.25) is 0 Å². The largest absolute Gasteiger partial charge is 0.468 e. The molecule has 2 aliphatic rings. The maximum atomic E-state index is 13.6. The second-order valence-electron chi connectivity index (χ2n) is 11.4. The molecule has 11 heteroatoms. The van der Waals surface area contributed by atoms with Crippen LogP contribution in [0.25, 0.3) is 0 Å². The van der Waals surface area contributed by atoms with Gasteiger partial charge < -0.3 is 18.9 Å². The standard InChI is InChI=1S/C35H44N2O8S/c1-4-29-33(32(31(24(2)36-29)34(38)42-3)26-12-9-13-27(23-26)37(40)41)35(39)45-21-10-22-46-28-17-15-25(16-18-28)11-5-7-19-43-30-14-6-8-20-44-30/h9,12-13,15-18,23,30-32H,4-8,10-11,14,19-22H2,1-3H3. The summed E-state index contributed by atoms with van der Waals surface area (Å²) < 4.78 is 22.2. The summed E-state index contributed by atoms with van der Waals surface area (Å²) in [6.45, 7) is 5.29. The van der Waals surface area contributed by atoms with Gasteiger partial charge >= 0.3 is 11.9 Å². The van der Waals surface area contributed by atoms with Gasteiger partial charge in [0.15, 0.2) is 6.29 Å². The number of methoxy groups -OCH3 is 1. The molecule has 0 radical (unpaired) electrons. The summed E-state index contributed by atoms with van der Waals surface area (Å²) in [5.41, 5.74) is 2.84. The van der Waals surface area contributed by atoms with Crippen molar-refractivity contribution in [3.8, 4) is 0 Å². The van der Waals surface area contributed by atoms with Gasteiger partial charge in [0.1, 0.15) is 5.92 Å². The first-order valence-electron chi connectivity index (χ1n) is 16.0. The van der Waals surface area contributed by atoms with Gasteiger partial charge in [0, 0.05) is 47.6 Å². The number of thioether (sulfide) groups is 1. The minimum atomic E-state index is -0.909. The van der Waals surface area contributed by atoms with Crippen LogP contribution in [0.5, 0.6) is 0 Å². The van der Waals surface area contributed by atoms with Crippen molar-refractivity contribution in [2.75, 3.05) is 32.7 Å². The average molecular weight is 653 g/mol. The molecule has 0 bridgehead atoms. The number of unbranched alkanes of at least 4 members (excludes halogenated alkanes) is 1. The number of allylic oxidation sites excluding steroid dienone is 1. The molecular weight excluding hydrogens is 608 g/mol. The van der Waals surface area contributed by atoms with E-state index in [4.69, 9.17) is 18.9 Å². The maximum absolute atomic E-state index is 13.6. The Morgan fingerprint density at radius 2 is 1.89 bits per heavy atom. The number of rotatable bonds is 16. The monoisotopic (exact) mass is 652 g/mol. The number of hydrogen-bond donors (Lipinski definition) is 0. The summed E-state index contributed by atoms with van der Waals surface area (Å²) in [6.07, 6.45) is 7.40. The molecule has 0 amide bonds. The molecule has 0 aromatic heterocycles. The van der Waals surface area contributed by atoms with Gasteiger partial charge in [-0.2, -0.15) is 0 Å². The van der Waals surface area contributed by atoms with Crippen LogP contribution in [0, 0.1) is 16.0 Å². The Labute approximate surface area is 275 Å². The molecule has 1 saturated heterocycles. The molecule has 2 aliphatic heterocycles. The number of benzene rings is 2. The average Bonchev–Trinajstić information content (AvgIpc) is 3.08. The van der Waals surface area contributed by atoms with Gasteiger partial charge in [-0.05, 0) is 81.5 Å². The van der Waals surface area contributed by atoms with Gasteiger partial charge in [0.25, 0.3) is 5.69 Å². The highest BCUT2D eigenvalue weighted by Gasteiger charge is 2.43. The van der Waals surface area contributed by atoms with Crippen LogP contribution >= 0.6 is 11.8 Å². The Morgan fingerprint density at radius 1 is 1.09 bits per heavy atom. The number of carbonyl (C=O) groups excluding carboxylic acids is 2. The number of aryl methyl sites for hydroxylation is 1. The quantitative estimate of drug-likeness (QED) is 0.0608. The second kappa shape index (κ2) is 18.0. The molecule has 2 heterocycles. The third-order valence-corrected chi connectivity index (χ3v) is 9.28. The number of nitrogens with zero attached hydrogens (tertiary/aromatic N) is 2. The number of nitro benzene ring substituents is 1. The summed E-state index contributed by atoms with van der Waals surface area (Å²) in [6, 6.07) is 14.5. The number of ether oxygens (including phenoxy) is 4. The lowest BCUT2D eigenvalue weighted by Crippen LogP contribution is -2.36. The first-order valence-corrected chi connectivity index (χ1v) is 17.0. The van der Waals surface area contributed by atoms with Crippen molar-refractivity contribution < 1.29 is 33.5 Å². The molecule has 0 aliphatic carbocycles. The van der Waals surface area contributed by atoms with Gasteiger partial charge in [0.05, 0.1) is 29.9 Å². The topological polar surface area (TPSA) is 127 Å². The number of carbonyl (C=O) groups is 2. The zero-order chi connectivity index (χ0) is 32.9. The van der Waals surface area contributed by atoms with Crippen LogP contribution in [-0.4, -0.2) is 61.5 Å². The first-order chi connectivity index (χ1) is 22.3. The Kier molecular flexibility index (Phi) is 13.8. The van der Waals surface area contributed by atoms with E-state index in [9.17, 15) is 19.7 Å². The van der Waals surface area contributed by atoms with E-state index in [2.05, 4.69) is 29.3 Å². The summed E-state index contributed by atoms with van der Waals surface area (Å²) in [5, 5.41) is 11.5.